The molecule has 0 radical (unpaired) electrons. The summed E-state index contributed by atoms with van der Waals surface area (Å²) >= 11 is 12.0. The number of ether oxygens (including phenoxy) is 2. The Kier molecular flexibility index (Phi) is 19.7. The summed E-state index contributed by atoms with van der Waals surface area (Å²) in [5.41, 5.74) is 3.96. The van der Waals surface area contributed by atoms with Crippen molar-refractivity contribution in [3.05, 3.63) is 129 Å². The number of benzene rings is 4. The molecule has 3 amide bonds. The third kappa shape index (κ3) is 15.2. The van der Waals surface area contributed by atoms with Crippen molar-refractivity contribution in [1.29, 1.82) is 0 Å². The Labute approximate surface area is 438 Å². The Morgan fingerprint density at radius 2 is 1.15 bits per heavy atom. The average Bonchev–Trinajstić information content (AvgIpc) is 3.59. The van der Waals surface area contributed by atoms with Crippen LogP contribution in [0.2, 0.25) is 10.0 Å². The van der Waals surface area contributed by atoms with E-state index in [9.17, 15) is 34.5 Å². The minimum atomic E-state index is -1.01. The van der Waals surface area contributed by atoms with Crippen molar-refractivity contribution in [2.45, 2.75) is 87.6 Å². The topological polar surface area (TPSA) is 210 Å². The first kappa shape index (κ1) is 56.5. The van der Waals surface area contributed by atoms with E-state index in [1.165, 1.54) is 0 Å². The molecule has 7 N–H and O–H groups in total. The number of carbonyl (C=O) groups excluding carboxylic acids is 3. The lowest BCUT2D eigenvalue weighted by Gasteiger charge is -2.44. The van der Waals surface area contributed by atoms with E-state index in [0.29, 0.717) is 83.4 Å². The minimum Gasteiger partial charge on any atom is -0.497 e. The van der Waals surface area contributed by atoms with Gasteiger partial charge in [-0.2, -0.15) is 0 Å². The van der Waals surface area contributed by atoms with Gasteiger partial charge in [0, 0.05) is 76.4 Å². The number of aliphatic carboxylic acids is 1. The molecule has 8 rings (SSSR count). The zero-order valence-corrected chi connectivity index (χ0v) is 43.9. The van der Waals surface area contributed by atoms with Crippen molar-refractivity contribution in [3.8, 4) is 11.5 Å². The molecule has 6 atom stereocenters. The molecule has 17 heteroatoms. The molecule has 2 aliphatic carbocycles. The van der Waals surface area contributed by atoms with E-state index in [1.54, 1.807) is 50.6 Å². The molecule has 2 fully saturated rings. The first-order chi connectivity index (χ1) is 34.7. The number of carboxylic acid groups (broad SMARTS) is 1. The Hall–Kier alpha value is -5.78. The summed E-state index contributed by atoms with van der Waals surface area (Å²) < 4.78 is 10.6. The lowest BCUT2D eigenvalue weighted by atomic mass is 9.69. The normalized spacial score (nSPS) is 23.5. The molecular weight excluding hydrogens is 974 g/mol. The van der Waals surface area contributed by atoms with Gasteiger partial charge >= 0.3 is 5.97 Å². The molecule has 2 heterocycles. The number of halogens is 2. The molecule has 4 aromatic carbocycles. The number of amides is 3. The quantitative estimate of drug-likeness (QED) is 0.0674. The van der Waals surface area contributed by atoms with E-state index >= 15 is 0 Å². The SMILES string of the molecule is COc1cccc(C2(O)CCC(NC(=O)CC3=CCC(=O)Nc4cc(Cl)ccc43)CC2CN(C)C)c1.COc1cccc(C2(O)CCC(O)CC2CN(C)C)c1.O=C(O)CC1=CCC(=O)Nc2cc(Cl)ccc21. The molecule has 0 spiro atoms. The molecule has 0 bridgehead atoms. The average molecular weight is 1040 g/mol. The molecule has 4 aliphatic rings. The maximum Gasteiger partial charge on any atom is 0.307 e. The lowest BCUT2D eigenvalue weighted by Crippen LogP contribution is -2.50. The van der Waals surface area contributed by atoms with Crippen LogP contribution < -0.4 is 25.4 Å². The summed E-state index contributed by atoms with van der Waals surface area (Å²) in [7, 11) is 11.2. The highest BCUT2D eigenvalue weighted by Gasteiger charge is 2.45. The highest BCUT2D eigenvalue weighted by Crippen LogP contribution is 2.45. The first-order valence-corrected chi connectivity index (χ1v) is 25.2. The zero-order chi connectivity index (χ0) is 53.0. The lowest BCUT2D eigenvalue weighted by molar-refractivity contribution is -0.135. The van der Waals surface area contributed by atoms with Crippen LogP contribution in [-0.4, -0.2) is 122 Å². The van der Waals surface area contributed by atoms with Gasteiger partial charge in [0.2, 0.25) is 17.7 Å². The van der Waals surface area contributed by atoms with E-state index in [2.05, 4.69) is 25.8 Å². The summed E-state index contributed by atoms with van der Waals surface area (Å²) in [4.78, 5) is 51.6. The van der Waals surface area contributed by atoms with Gasteiger partial charge in [0.1, 0.15) is 11.5 Å². The summed E-state index contributed by atoms with van der Waals surface area (Å²) in [6, 6.07) is 25.5. The number of anilines is 2. The van der Waals surface area contributed by atoms with Crippen LogP contribution in [0.25, 0.3) is 11.1 Å². The van der Waals surface area contributed by atoms with Crippen LogP contribution in [-0.2, 0) is 30.4 Å². The highest BCUT2D eigenvalue weighted by molar-refractivity contribution is 6.31. The van der Waals surface area contributed by atoms with E-state index in [-0.39, 0.29) is 67.4 Å². The van der Waals surface area contributed by atoms with Gasteiger partial charge in [-0.3, -0.25) is 19.2 Å². The number of carboxylic acids is 1. The maximum atomic E-state index is 13.1. The molecule has 2 saturated carbocycles. The molecule has 4 aromatic rings. The van der Waals surface area contributed by atoms with Crippen LogP contribution in [0, 0.1) is 11.8 Å². The number of hydrogen-bond acceptors (Lipinski definition) is 11. The van der Waals surface area contributed by atoms with E-state index < -0.39 is 17.2 Å². The van der Waals surface area contributed by atoms with Crippen molar-refractivity contribution in [2.75, 3.05) is 66.1 Å². The minimum absolute atomic E-state index is 0.0216. The third-order valence-corrected chi connectivity index (χ3v) is 14.3. The fourth-order valence-electron chi connectivity index (χ4n) is 10.3. The molecule has 73 heavy (non-hydrogen) atoms. The van der Waals surface area contributed by atoms with Crippen LogP contribution in [0.1, 0.15) is 86.5 Å². The van der Waals surface area contributed by atoms with Crippen molar-refractivity contribution in [3.63, 3.8) is 0 Å². The number of nitrogens with zero attached hydrogens (tertiary/aromatic N) is 2. The summed E-state index contributed by atoms with van der Waals surface area (Å²) in [5, 5.41) is 51.5. The highest BCUT2D eigenvalue weighted by atomic mass is 35.5. The number of fused-ring (bicyclic) bond motifs is 2. The van der Waals surface area contributed by atoms with Crippen molar-refractivity contribution >= 4 is 69.4 Å². The van der Waals surface area contributed by atoms with Crippen molar-refractivity contribution in [2.24, 2.45) is 11.8 Å². The van der Waals surface area contributed by atoms with Crippen molar-refractivity contribution < 1.29 is 49.1 Å². The number of nitrogens with one attached hydrogen (secondary N) is 3. The Bertz CT molecular complexity index is 2670. The smallest absolute Gasteiger partial charge is 0.307 e. The van der Waals surface area contributed by atoms with Crippen LogP contribution in [0.15, 0.2) is 97.1 Å². The molecule has 6 unspecified atom stereocenters. The number of hydrogen-bond donors (Lipinski definition) is 7. The predicted molar refractivity (Wildman–Crippen MR) is 286 cm³/mol. The third-order valence-electron chi connectivity index (χ3n) is 13.8. The largest absolute Gasteiger partial charge is 0.497 e. The Morgan fingerprint density at radius 1 is 0.685 bits per heavy atom. The maximum absolute atomic E-state index is 13.1. The van der Waals surface area contributed by atoms with E-state index in [4.69, 9.17) is 37.8 Å². The number of carbonyl (C=O) groups is 4. The monoisotopic (exact) mass is 1040 g/mol. The summed E-state index contributed by atoms with van der Waals surface area (Å²) in [6.07, 6.45) is 7.28. The van der Waals surface area contributed by atoms with Gasteiger partial charge in [-0.15, -0.1) is 0 Å². The molecule has 2 aliphatic heterocycles. The van der Waals surface area contributed by atoms with E-state index in [1.807, 2.05) is 88.9 Å². The van der Waals surface area contributed by atoms with Crippen LogP contribution >= 0.6 is 23.2 Å². The van der Waals surface area contributed by atoms with Crippen LogP contribution in [0.3, 0.4) is 0 Å². The van der Waals surface area contributed by atoms with Gasteiger partial charge in [0.15, 0.2) is 0 Å². The molecule has 15 nitrogen and oxygen atoms in total. The fraction of sp³-hybridized carbons (Fsp3) is 0.429. The summed E-state index contributed by atoms with van der Waals surface area (Å²) in [6.45, 7) is 1.44. The summed E-state index contributed by atoms with van der Waals surface area (Å²) in [5.74, 6) is 0.0903. The van der Waals surface area contributed by atoms with Crippen LogP contribution in [0.4, 0.5) is 11.4 Å². The second-order valence-corrected chi connectivity index (χ2v) is 20.7. The van der Waals surface area contributed by atoms with Gasteiger partial charge in [-0.1, -0.05) is 71.8 Å². The fourth-order valence-corrected chi connectivity index (χ4v) is 10.6. The van der Waals surface area contributed by atoms with Gasteiger partial charge in [-0.05, 0) is 138 Å². The standard InChI is InChI=1S/C28H34ClN3O4.C16H25NO3.C12H10ClNO3/c1-32(2)17-20-14-22(11-12-28(20,35)19-5-4-6-23(15-19)36-3)30-27(34)13-18-7-10-26(33)31-25-16-21(29)8-9-24(18)25;1-17(2)11-13-9-14(18)7-8-16(13,19)12-5-4-6-15(10-12)20-3;13-8-2-3-9-7(5-12(16)17)1-4-11(15)14-10(9)6-8/h4-9,15-16,20,22,35H,10-14,17H2,1-3H3,(H,30,34)(H,31,33);4-6,10,13-14,18-19H,7-9,11H2,1-3H3;1-3,6H,4-5H2,(H,14,15)(H,16,17). The van der Waals surface area contributed by atoms with E-state index in [0.717, 1.165) is 34.6 Å². The predicted octanol–water partition coefficient (Wildman–Crippen LogP) is 8.34. The number of rotatable bonds is 13. The molecule has 0 saturated heterocycles. The molecular formula is C56H69Cl2N5O10. The first-order valence-electron chi connectivity index (χ1n) is 24.5. The Balaban J connectivity index is 0.000000197. The number of methoxy groups -OCH3 is 2. The number of aliphatic hydroxyl groups excluding tert-OH is 1. The zero-order valence-electron chi connectivity index (χ0n) is 42.4. The van der Waals surface area contributed by atoms with Gasteiger partial charge < -0.3 is 55.7 Å². The second-order valence-electron chi connectivity index (χ2n) is 19.8. The van der Waals surface area contributed by atoms with Gasteiger partial charge in [0.05, 0.1) is 44.4 Å². The van der Waals surface area contributed by atoms with Gasteiger partial charge in [-0.25, -0.2) is 0 Å². The van der Waals surface area contributed by atoms with Crippen molar-refractivity contribution in [1.82, 2.24) is 15.1 Å². The molecule has 392 valence electrons. The second kappa shape index (κ2) is 25.4. The van der Waals surface area contributed by atoms with Crippen LogP contribution in [0.5, 0.6) is 11.5 Å². The Morgan fingerprint density at radius 3 is 1.62 bits per heavy atom. The molecule has 0 aromatic heterocycles. The number of aliphatic hydroxyl groups is 3. The van der Waals surface area contributed by atoms with Gasteiger partial charge in [0.25, 0.3) is 0 Å².